The molecule has 9 aromatic rings. The molecule has 0 spiro atoms. The molecule has 0 saturated carbocycles. The summed E-state index contributed by atoms with van der Waals surface area (Å²) in [6.07, 6.45) is 0. The molecular formula is C46H32N4S. The Balaban J connectivity index is 1.32. The molecule has 0 unspecified atom stereocenters. The fourth-order valence-corrected chi connectivity index (χ4v) is 7.97. The van der Waals surface area contributed by atoms with Crippen LogP contribution >= 0.6 is 11.3 Å². The number of anilines is 2. The second-order valence-electron chi connectivity index (χ2n) is 12.5. The van der Waals surface area contributed by atoms with Gasteiger partial charge in [0.05, 0.1) is 5.69 Å². The molecule has 0 aliphatic heterocycles. The predicted molar refractivity (Wildman–Crippen MR) is 214 cm³/mol. The van der Waals surface area contributed by atoms with E-state index in [0.29, 0.717) is 17.5 Å². The molecule has 2 aromatic heterocycles. The summed E-state index contributed by atoms with van der Waals surface area (Å²) in [5.74, 6) is 1.91. The molecule has 0 amide bonds. The first-order valence-electron chi connectivity index (χ1n) is 17.0. The Kier molecular flexibility index (Phi) is 7.88. The highest BCUT2D eigenvalue weighted by molar-refractivity contribution is 7.26. The lowest BCUT2D eigenvalue weighted by molar-refractivity contribution is 1.07. The molecule has 0 fully saturated rings. The molecule has 0 aliphatic carbocycles. The van der Waals surface area contributed by atoms with Crippen molar-refractivity contribution in [2.24, 2.45) is 0 Å². The highest BCUT2D eigenvalue weighted by Crippen LogP contribution is 2.48. The van der Waals surface area contributed by atoms with Crippen LogP contribution in [0.25, 0.3) is 76.6 Å². The SMILES string of the molecule is CN(c1ccc(-c2ccccc2)cc1-c1ccccc1)c1c(-c2nc(-c3ccccc3)nc(-c3ccccc3)n2)ccc2sc3ccccc3c12. The zero-order valence-electron chi connectivity index (χ0n) is 27.9. The third-order valence-electron chi connectivity index (χ3n) is 9.34. The van der Waals surface area contributed by atoms with Crippen LogP contribution < -0.4 is 4.90 Å². The average Bonchev–Trinajstić information content (AvgIpc) is 3.60. The minimum Gasteiger partial charge on any atom is -0.343 e. The van der Waals surface area contributed by atoms with Gasteiger partial charge in [-0.1, -0.05) is 146 Å². The number of hydrogen-bond acceptors (Lipinski definition) is 5. The Hall–Kier alpha value is -6.43. The standard InChI is InChI=1S/C46H32N4S/c1-50(39-28-26-35(31-16-6-2-7-17-31)30-38(39)32-18-8-3-9-19-32)43-37(27-29-41-42(43)36-24-14-15-25-40(36)51-41)46-48-44(33-20-10-4-11-21-33)47-45(49-46)34-22-12-5-13-23-34/h2-30H,1H3. The lowest BCUT2D eigenvalue weighted by Crippen LogP contribution is -2.13. The van der Waals surface area contributed by atoms with Gasteiger partial charge in [-0.2, -0.15) is 0 Å². The highest BCUT2D eigenvalue weighted by Gasteiger charge is 2.24. The van der Waals surface area contributed by atoms with E-state index >= 15 is 0 Å². The molecule has 0 radical (unpaired) electrons. The van der Waals surface area contributed by atoms with E-state index in [9.17, 15) is 0 Å². The summed E-state index contributed by atoms with van der Waals surface area (Å²) in [7, 11) is 2.17. The Morgan fingerprint density at radius 2 is 0.941 bits per heavy atom. The lowest BCUT2D eigenvalue weighted by Gasteiger charge is -2.27. The van der Waals surface area contributed by atoms with Gasteiger partial charge in [0.1, 0.15) is 0 Å². The Morgan fingerprint density at radius 1 is 0.412 bits per heavy atom. The minimum absolute atomic E-state index is 0.629. The number of hydrogen-bond donors (Lipinski definition) is 0. The lowest BCUT2D eigenvalue weighted by atomic mass is 9.96. The molecule has 0 saturated heterocycles. The van der Waals surface area contributed by atoms with Gasteiger partial charge in [-0.3, -0.25) is 0 Å². The fraction of sp³-hybridized carbons (Fsp3) is 0.0217. The van der Waals surface area contributed by atoms with Gasteiger partial charge in [0.25, 0.3) is 0 Å². The van der Waals surface area contributed by atoms with Gasteiger partial charge in [-0.15, -0.1) is 11.3 Å². The molecule has 242 valence electrons. The Bertz CT molecular complexity index is 2580. The largest absolute Gasteiger partial charge is 0.343 e. The second kappa shape index (κ2) is 13.1. The minimum atomic E-state index is 0.629. The molecule has 4 nitrogen and oxygen atoms in total. The van der Waals surface area contributed by atoms with Crippen LogP contribution in [0.4, 0.5) is 11.4 Å². The summed E-state index contributed by atoms with van der Waals surface area (Å²) in [4.78, 5) is 17.7. The van der Waals surface area contributed by atoms with Crippen LogP contribution in [-0.2, 0) is 0 Å². The van der Waals surface area contributed by atoms with E-state index in [1.54, 1.807) is 0 Å². The van der Waals surface area contributed by atoms with Crippen molar-refractivity contribution in [1.82, 2.24) is 15.0 Å². The van der Waals surface area contributed by atoms with Crippen LogP contribution in [0.2, 0.25) is 0 Å². The van der Waals surface area contributed by atoms with E-state index in [2.05, 4.69) is 151 Å². The molecule has 2 heterocycles. The molecule has 0 bridgehead atoms. The smallest absolute Gasteiger partial charge is 0.166 e. The van der Waals surface area contributed by atoms with Crippen molar-refractivity contribution in [1.29, 1.82) is 0 Å². The maximum Gasteiger partial charge on any atom is 0.166 e. The molecule has 0 aliphatic rings. The number of aromatic nitrogens is 3. The van der Waals surface area contributed by atoms with Crippen LogP contribution in [0.15, 0.2) is 176 Å². The van der Waals surface area contributed by atoms with E-state index in [0.717, 1.165) is 39.2 Å². The van der Waals surface area contributed by atoms with Gasteiger partial charge in [0.15, 0.2) is 17.5 Å². The van der Waals surface area contributed by atoms with E-state index in [1.165, 1.54) is 31.3 Å². The second-order valence-corrected chi connectivity index (χ2v) is 13.6. The molecule has 0 N–H and O–H groups in total. The third kappa shape index (κ3) is 5.74. The zero-order valence-corrected chi connectivity index (χ0v) is 28.8. The maximum absolute atomic E-state index is 5.20. The number of benzene rings is 7. The van der Waals surface area contributed by atoms with Gasteiger partial charge in [-0.05, 0) is 47.0 Å². The van der Waals surface area contributed by atoms with Gasteiger partial charge in [-0.25, -0.2) is 15.0 Å². The summed E-state index contributed by atoms with van der Waals surface area (Å²) in [5, 5.41) is 2.40. The van der Waals surface area contributed by atoms with Crippen molar-refractivity contribution in [2.75, 3.05) is 11.9 Å². The maximum atomic E-state index is 5.20. The van der Waals surface area contributed by atoms with Crippen molar-refractivity contribution in [3.05, 3.63) is 176 Å². The van der Waals surface area contributed by atoms with Crippen LogP contribution in [-0.4, -0.2) is 22.0 Å². The predicted octanol–water partition coefficient (Wildman–Crippen LogP) is 12.3. The van der Waals surface area contributed by atoms with E-state index in [-0.39, 0.29) is 0 Å². The Labute approximate surface area is 301 Å². The zero-order chi connectivity index (χ0) is 34.1. The summed E-state index contributed by atoms with van der Waals surface area (Å²) in [5.41, 5.74) is 9.62. The van der Waals surface area contributed by atoms with Crippen molar-refractivity contribution < 1.29 is 0 Å². The van der Waals surface area contributed by atoms with Gasteiger partial charge >= 0.3 is 0 Å². The first-order chi connectivity index (χ1) is 25.2. The molecule has 51 heavy (non-hydrogen) atoms. The summed E-state index contributed by atoms with van der Waals surface area (Å²) < 4.78 is 2.46. The van der Waals surface area contributed by atoms with Crippen molar-refractivity contribution in [3.63, 3.8) is 0 Å². The van der Waals surface area contributed by atoms with Gasteiger partial charge < -0.3 is 4.90 Å². The van der Waals surface area contributed by atoms with Crippen LogP contribution in [0, 0.1) is 0 Å². The van der Waals surface area contributed by atoms with E-state index in [4.69, 9.17) is 15.0 Å². The molecule has 5 heteroatoms. The summed E-state index contributed by atoms with van der Waals surface area (Å²) in [6, 6.07) is 61.4. The number of thiophene rings is 1. The van der Waals surface area contributed by atoms with Crippen molar-refractivity contribution in [2.45, 2.75) is 0 Å². The average molecular weight is 673 g/mol. The Morgan fingerprint density at radius 3 is 1.57 bits per heavy atom. The quantitative estimate of drug-likeness (QED) is 0.169. The number of fused-ring (bicyclic) bond motifs is 3. The van der Waals surface area contributed by atoms with Crippen molar-refractivity contribution in [3.8, 4) is 56.4 Å². The molecule has 0 atom stereocenters. The number of nitrogens with zero attached hydrogens (tertiary/aromatic N) is 4. The van der Waals surface area contributed by atoms with Gasteiger partial charge in [0.2, 0.25) is 0 Å². The topological polar surface area (TPSA) is 41.9 Å². The molecule has 9 rings (SSSR count). The first kappa shape index (κ1) is 30.6. The first-order valence-corrected chi connectivity index (χ1v) is 17.8. The van der Waals surface area contributed by atoms with Gasteiger partial charge in [0, 0.05) is 55.2 Å². The fourth-order valence-electron chi connectivity index (χ4n) is 6.86. The highest BCUT2D eigenvalue weighted by atomic mass is 32.1. The third-order valence-corrected chi connectivity index (χ3v) is 10.5. The monoisotopic (exact) mass is 672 g/mol. The van der Waals surface area contributed by atoms with Crippen molar-refractivity contribution >= 4 is 42.9 Å². The molecule has 7 aromatic carbocycles. The summed E-state index contributed by atoms with van der Waals surface area (Å²) in [6.45, 7) is 0. The van der Waals surface area contributed by atoms with Crippen LogP contribution in [0.5, 0.6) is 0 Å². The van der Waals surface area contributed by atoms with Crippen LogP contribution in [0.1, 0.15) is 0 Å². The van der Waals surface area contributed by atoms with E-state index in [1.807, 2.05) is 47.7 Å². The summed E-state index contributed by atoms with van der Waals surface area (Å²) >= 11 is 1.81. The normalized spacial score (nSPS) is 11.2. The van der Waals surface area contributed by atoms with E-state index < -0.39 is 0 Å². The molecular weight excluding hydrogens is 641 g/mol. The number of rotatable bonds is 7. The van der Waals surface area contributed by atoms with Crippen LogP contribution in [0.3, 0.4) is 0 Å².